The topological polar surface area (TPSA) is 17.8 Å². The molecule has 0 aliphatic rings. The molecule has 0 saturated heterocycles. The average Bonchev–Trinajstić information content (AvgIpc) is 2.12. The second-order valence-corrected chi connectivity index (χ2v) is 4.23. The summed E-state index contributed by atoms with van der Waals surface area (Å²) in [6.45, 7) is 4.98. The number of nitrogens with zero attached hydrogens (tertiary/aromatic N) is 2. The minimum absolute atomic E-state index is 0.0199. The van der Waals surface area contributed by atoms with Crippen LogP contribution in [0.3, 0.4) is 0 Å². The minimum atomic E-state index is 0.0199. The zero-order valence-electron chi connectivity index (χ0n) is 6.28. The lowest BCUT2D eigenvalue weighted by molar-refractivity contribution is 0.523. The number of rotatable bonds is 2. The van der Waals surface area contributed by atoms with Gasteiger partial charge in [-0.3, -0.25) is 4.68 Å². The Morgan fingerprint density at radius 1 is 1.60 bits per heavy atom. The highest BCUT2D eigenvalue weighted by Gasteiger charge is 2.11. The summed E-state index contributed by atoms with van der Waals surface area (Å²) in [6, 6.07) is 1.92. The molecule has 2 nitrogen and oxygen atoms in total. The molecule has 3 heteroatoms. The monoisotopic (exact) mass is 156 g/mol. The molecule has 0 atom stereocenters. The second-order valence-electron chi connectivity index (χ2n) is 3.02. The zero-order chi connectivity index (χ0) is 7.61. The van der Waals surface area contributed by atoms with Crippen molar-refractivity contribution < 1.29 is 0 Å². The fourth-order valence-corrected chi connectivity index (χ4v) is 0.935. The fraction of sp³-hybridized carbons (Fsp3) is 0.571. The SMILES string of the molecule is CC(C)(S)Cn1cccn1. The van der Waals surface area contributed by atoms with Gasteiger partial charge in [0.1, 0.15) is 0 Å². The Kier molecular flexibility index (Phi) is 2.04. The molecular weight excluding hydrogens is 144 g/mol. The molecule has 56 valence electrons. The number of thiol groups is 1. The minimum Gasteiger partial charge on any atom is -0.271 e. The van der Waals surface area contributed by atoms with Crippen molar-refractivity contribution in [1.82, 2.24) is 9.78 Å². The fourth-order valence-electron chi connectivity index (χ4n) is 0.790. The maximum Gasteiger partial charge on any atom is 0.0548 e. The molecular formula is C7H12N2S. The molecule has 1 aromatic heterocycles. The normalized spacial score (nSPS) is 11.9. The van der Waals surface area contributed by atoms with Crippen molar-refractivity contribution in [2.45, 2.75) is 25.1 Å². The lowest BCUT2D eigenvalue weighted by Crippen LogP contribution is -2.19. The van der Waals surface area contributed by atoms with Crippen LogP contribution < -0.4 is 0 Å². The van der Waals surface area contributed by atoms with Crippen molar-refractivity contribution in [3.8, 4) is 0 Å². The first-order valence-corrected chi connectivity index (χ1v) is 3.72. The molecule has 0 unspecified atom stereocenters. The van der Waals surface area contributed by atoms with Crippen molar-refractivity contribution in [2.75, 3.05) is 0 Å². The Morgan fingerprint density at radius 2 is 2.30 bits per heavy atom. The van der Waals surface area contributed by atoms with Crippen molar-refractivity contribution in [3.63, 3.8) is 0 Å². The van der Waals surface area contributed by atoms with E-state index in [-0.39, 0.29) is 4.75 Å². The van der Waals surface area contributed by atoms with Crippen LogP contribution in [-0.2, 0) is 6.54 Å². The predicted molar refractivity (Wildman–Crippen MR) is 45.3 cm³/mol. The summed E-state index contributed by atoms with van der Waals surface area (Å²) in [5, 5.41) is 4.07. The van der Waals surface area contributed by atoms with Crippen LogP contribution in [0, 0.1) is 0 Å². The van der Waals surface area contributed by atoms with Gasteiger partial charge in [0.25, 0.3) is 0 Å². The van der Waals surface area contributed by atoms with Crippen LogP contribution in [0.2, 0.25) is 0 Å². The Morgan fingerprint density at radius 3 is 2.70 bits per heavy atom. The maximum atomic E-state index is 4.38. The number of hydrogen-bond acceptors (Lipinski definition) is 2. The molecule has 0 amide bonds. The Hall–Kier alpha value is -0.440. The molecule has 0 bridgehead atoms. The summed E-state index contributed by atoms with van der Waals surface area (Å²) in [5.74, 6) is 0. The summed E-state index contributed by atoms with van der Waals surface area (Å²) in [4.78, 5) is 0. The molecule has 0 fully saturated rings. The Bertz CT molecular complexity index is 186. The van der Waals surface area contributed by atoms with E-state index >= 15 is 0 Å². The van der Waals surface area contributed by atoms with E-state index in [0.717, 1.165) is 6.54 Å². The number of hydrogen-bond donors (Lipinski definition) is 1. The van der Waals surface area contributed by atoms with Gasteiger partial charge >= 0.3 is 0 Å². The summed E-state index contributed by atoms with van der Waals surface area (Å²) in [5.41, 5.74) is 0. The van der Waals surface area contributed by atoms with Crippen LogP contribution in [-0.4, -0.2) is 14.5 Å². The highest BCUT2D eigenvalue weighted by atomic mass is 32.1. The van der Waals surface area contributed by atoms with Crippen molar-refractivity contribution in [3.05, 3.63) is 18.5 Å². The highest BCUT2D eigenvalue weighted by Crippen LogP contribution is 2.13. The smallest absolute Gasteiger partial charge is 0.0548 e. The third kappa shape index (κ3) is 2.43. The van der Waals surface area contributed by atoms with Crippen LogP contribution in [0.15, 0.2) is 18.5 Å². The first-order valence-electron chi connectivity index (χ1n) is 3.28. The Labute approximate surface area is 66.7 Å². The molecule has 0 spiro atoms. The van der Waals surface area contributed by atoms with E-state index in [2.05, 4.69) is 31.6 Å². The van der Waals surface area contributed by atoms with E-state index < -0.39 is 0 Å². The van der Waals surface area contributed by atoms with E-state index in [1.165, 1.54) is 0 Å². The standard InChI is InChI=1S/C7H12N2S/c1-7(2,10)6-9-5-3-4-8-9/h3-5,10H,6H2,1-2H3. The van der Waals surface area contributed by atoms with Gasteiger partial charge in [-0.2, -0.15) is 17.7 Å². The average molecular weight is 156 g/mol. The first kappa shape index (κ1) is 7.66. The second kappa shape index (κ2) is 2.66. The highest BCUT2D eigenvalue weighted by molar-refractivity contribution is 7.81. The third-order valence-electron chi connectivity index (χ3n) is 1.11. The van der Waals surface area contributed by atoms with Gasteiger partial charge in [-0.25, -0.2) is 0 Å². The van der Waals surface area contributed by atoms with E-state index in [1.807, 2.05) is 16.9 Å². The van der Waals surface area contributed by atoms with E-state index in [1.54, 1.807) is 6.20 Å². The molecule has 0 aliphatic carbocycles. The maximum absolute atomic E-state index is 4.38. The molecule has 0 aromatic carbocycles. The van der Waals surface area contributed by atoms with Gasteiger partial charge in [-0.05, 0) is 19.9 Å². The van der Waals surface area contributed by atoms with Gasteiger partial charge in [0.05, 0.1) is 6.54 Å². The van der Waals surface area contributed by atoms with Crippen molar-refractivity contribution >= 4 is 12.6 Å². The summed E-state index contributed by atoms with van der Waals surface area (Å²) >= 11 is 4.38. The van der Waals surface area contributed by atoms with E-state index in [0.29, 0.717) is 0 Å². The molecule has 10 heavy (non-hydrogen) atoms. The van der Waals surface area contributed by atoms with Crippen LogP contribution in [0.4, 0.5) is 0 Å². The summed E-state index contributed by atoms with van der Waals surface area (Å²) < 4.78 is 1.90. The van der Waals surface area contributed by atoms with Crippen LogP contribution in [0.5, 0.6) is 0 Å². The third-order valence-corrected chi connectivity index (χ3v) is 1.25. The molecule has 1 aromatic rings. The largest absolute Gasteiger partial charge is 0.271 e. The van der Waals surface area contributed by atoms with Gasteiger partial charge in [0, 0.05) is 17.1 Å². The molecule has 0 N–H and O–H groups in total. The van der Waals surface area contributed by atoms with Crippen LogP contribution >= 0.6 is 12.6 Å². The van der Waals surface area contributed by atoms with Crippen LogP contribution in [0.25, 0.3) is 0 Å². The first-order chi connectivity index (χ1) is 4.58. The van der Waals surface area contributed by atoms with Crippen LogP contribution in [0.1, 0.15) is 13.8 Å². The Balaban J connectivity index is 2.57. The molecule has 1 heterocycles. The van der Waals surface area contributed by atoms with Crippen molar-refractivity contribution in [1.29, 1.82) is 0 Å². The molecule has 0 aliphatic heterocycles. The van der Waals surface area contributed by atoms with Crippen molar-refractivity contribution in [2.24, 2.45) is 0 Å². The lowest BCUT2D eigenvalue weighted by atomic mass is 10.2. The van der Waals surface area contributed by atoms with Gasteiger partial charge in [0.15, 0.2) is 0 Å². The van der Waals surface area contributed by atoms with Gasteiger partial charge in [-0.15, -0.1) is 0 Å². The predicted octanol–water partition coefficient (Wildman–Crippen LogP) is 1.59. The number of aromatic nitrogens is 2. The van der Waals surface area contributed by atoms with Gasteiger partial charge in [0.2, 0.25) is 0 Å². The zero-order valence-corrected chi connectivity index (χ0v) is 7.18. The van der Waals surface area contributed by atoms with E-state index in [9.17, 15) is 0 Å². The quantitative estimate of drug-likeness (QED) is 0.644. The summed E-state index contributed by atoms with van der Waals surface area (Å²) in [7, 11) is 0. The molecule has 1 rings (SSSR count). The summed E-state index contributed by atoms with van der Waals surface area (Å²) in [6.07, 6.45) is 3.72. The van der Waals surface area contributed by atoms with E-state index in [4.69, 9.17) is 0 Å². The lowest BCUT2D eigenvalue weighted by Gasteiger charge is -2.16. The molecule has 0 radical (unpaired) electrons. The van der Waals surface area contributed by atoms with Gasteiger partial charge < -0.3 is 0 Å². The van der Waals surface area contributed by atoms with Gasteiger partial charge in [-0.1, -0.05) is 0 Å². The molecule has 0 saturated carbocycles.